The zero-order valence-electron chi connectivity index (χ0n) is 12.0. The van der Waals surface area contributed by atoms with Gasteiger partial charge in [-0.2, -0.15) is 0 Å². The van der Waals surface area contributed by atoms with Gasteiger partial charge in [-0.25, -0.2) is 9.78 Å². The van der Waals surface area contributed by atoms with Crippen LogP contribution in [0.15, 0.2) is 12.3 Å². The minimum Gasteiger partial charge on any atom is -0.478 e. The van der Waals surface area contributed by atoms with Crippen molar-refractivity contribution in [3.8, 4) is 0 Å². The molecule has 0 aromatic carbocycles. The van der Waals surface area contributed by atoms with Gasteiger partial charge < -0.3 is 15.2 Å². The maximum absolute atomic E-state index is 10.9. The Morgan fingerprint density at radius 2 is 2.24 bits per heavy atom. The van der Waals surface area contributed by atoms with Gasteiger partial charge in [-0.15, -0.1) is 0 Å². The standard InChI is InChI=1S/C13H19N3O5/c1-9(2)21-6-4-3-5-14-12-11(16(19)20)7-10(8-15-12)13(17)18/h7-9H,3-6H2,1-2H3,(H,14,15)(H,17,18). The number of unbranched alkanes of at least 4 members (excludes halogenated alkanes) is 1. The Kier molecular flexibility index (Phi) is 6.54. The molecule has 0 aliphatic rings. The van der Waals surface area contributed by atoms with E-state index in [4.69, 9.17) is 9.84 Å². The van der Waals surface area contributed by atoms with Gasteiger partial charge in [-0.05, 0) is 26.7 Å². The molecule has 0 unspecified atom stereocenters. The molecular weight excluding hydrogens is 278 g/mol. The number of nitro groups is 1. The van der Waals surface area contributed by atoms with Crippen molar-refractivity contribution in [2.75, 3.05) is 18.5 Å². The molecule has 0 bridgehead atoms. The third kappa shape index (κ3) is 5.74. The van der Waals surface area contributed by atoms with Crippen LogP contribution >= 0.6 is 0 Å². The van der Waals surface area contributed by atoms with E-state index < -0.39 is 10.9 Å². The number of hydrogen-bond donors (Lipinski definition) is 2. The Labute approximate surface area is 122 Å². The number of anilines is 1. The van der Waals surface area contributed by atoms with Crippen LogP contribution in [0.3, 0.4) is 0 Å². The van der Waals surface area contributed by atoms with Gasteiger partial charge in [0.15, 0.2) is 0 Å². The van der Waals surface area contributed by atoms with Crippen LogP contribution in [0.5, 0.6) is 0 Å². The van der Waals surface area contributed by atoms with Crippen LogP contribution in [0.2, 0.25) is 0 Å². The van der Waals surface area contributed by atoms with Gasteiger partial charge in [0.1, 0.15) is 0 Å². The highest BCUT2D eigenvalue weighted by Gasteiger charge is 2.18. The van der Waals surface area contributed by atoms with E-state index in [1.807, 2.05) is 13.8 Å². The van der Waals surface area contributed by atoms with Crippen molar-refractivity contribution in [1.82, 2.24) is 4.98 Å². The number of carbonyl (C=O) groups is 1. The molecule has 0 saturated heterocycles. The molecule has 0 aliphatic carbocycles. The first-order valence-corrected chi connectivity index (χ1v) is 6.65. The summed E-state index contributed by atoms with van der Waals surface area (Å²) in [6.07, 6.45) is 2.88. The lowest BCUT2D eigenvalue weighted by atomic mass is 10.2. The fourth-order valence-corrected chi connectivity index (χ4v) is 1.60. The topological polar surface area (TPSA) is 115 Å². The second kappa shape index (κ2) is 8.15. The van der Waals surface area contributed by atoms with E-state index in [1.54, 1.807) is 0 Å². The predicted octanol–water partition coefficient (Wildman–Crippen LogP) is 2.31. The minimum atomic E-state index is -1.25. The van der Waals surface area contributed by atoms with Gasteiger partial charge in [-0.1, -0.05) is 0 Å². The van der Waals surface area contributed by atoms with Crippen LogP contribution in [0.4, 0.5) is 11.5 Å². The molecule has 1 heterocycles. The first kappa shape index (κ1) is 16.8. The molecule has 0 atom stereocenters. The summed E-state index contributed by atoms with van der Waals surface area (Å²) in [6.45, 7) is 5.04. The fourth-order valence-electron chi connectivity index (χ4n) is 1.60. The molecule has 1 aromatic rings. The van der Waals surface area contributed by atoms with Gasteiger partial charge in [0, 0.05) is 25.4 Å². The fraction of sp³-hybridized carbons (Fsp3) is 0.538. The van der Waals surface area contributed by atoms with Crippen molar-refractivity contribution >= 4 is 17.5 Å². The summed E-state index contributed by atoms with van der Waals surface area (Å²) in [5, 5.41) is 22.6. The molecule has 0 amide bonds. The molecule has 0 radical (unpaired) electrons. The molecule has 0 spiro atoms. The third-order valence-corrected chi connectivity index (χ3v) is 2.63. The first-order chi connectivity index (χ1) is 9.91. The number of carboxylic acids is 1. The van der Waals surface area contributed by atoms with E-state index in [0.29, 0.717) is 13.2 Å². The molecule has 21 heavy (non-hydrogen) atoms. The summed E-state index contributed by atoms with van der Waals surface area (Å²) in [7, 11) is 0. The largest absolute Gasteiger partial charge is 0.478 e. The van der Waals surface area contributed by atoms with Crippen LogP contribution in [-0.2, 0) is 4.74 Å². The van der Waals surface area contributed by atoms with E-state index in [0.717, 1.165) is 25.1 Å². The second-order valence-corrected chi connectivity index (χ2v) is 4.71. The van der Waals surface area contributed by atoms with Crippen LogP contribution in [0.25, 0.3) is 0 Å². The molecule has 1 rings (SSSR count). The van der Waals surface area contributed by atoms with Gasteiger partial charge >= 0.3 is 11.7 Å². The van der Waals surface area contributed by atoms with Crippen LogP contribution in [0, 0.1) is 10.1 Å². The highest BCUT2D eigenvalue weighted by Crippen LogP contribution is 2.22. The molecule has 0 saturated carbocycles. The summed E-state index contributed by atoms with van der Waals surface area (Å²) in [5.74, 6) is -1.17. The first-order valence-electron chi connectivity index (χ1n) is 6.65. The number of pyridine rings is 1. The van der Waals surface area contributed by atoms with Crippen molar-refractivity contribution < 1.29 is 19.6 Å². The van der Waals surface area contributed by atoms with Gasteiger partial charge in [-0.3, -0.25) is 10.1 Å². The summed E-state index contributed by atoms with van der Waals surface area (Å²) in [5.41, 5.74) is -0.550. The summed E-state index contributed by atoms with van der Waals surface area (Å²) >= 11 is 0. The smallest absolute Gasteiger partial charge is 0.337 e. The highest BCUT2D eigenvalue weighted by molar-refractivity contribution is 5.88. The maximum atomic E-state index is 10.9. The zero-order chi connectivity index (χ0) is 15.8. The average molecular weight is 297 g/mol. The normalized spacial score (nSPS) is 10.6. The monoisotopic (exact) mass is 297 g/mol. The Hall–Kier alpha value is -2.22. The number of carboxylic acid groups (broad SMARTS) is 1. The van der Waals surface area contributed by atoms with Gasteiger partial charge in [0.25, 0.3) is 0 Å². The number of ether oxygens (including phenoxy) is 1. The van der Waals surface area contributed by atoms with Crippen LogP contribution < -0.4 is 5.32 Å². The van der Waals surface area contributed by atoms with E-state index in [-0.39, 0.29) is 23.2 Å². The molecular formula is C13H19N3O5. The predicted molar refractivity (Wildman–Crippen MR) is 76.7 cm³/mol. The van der Waals surface area contributed by atoms with E-state index in [2.05, 4.69) is 10.3 Å². The van der Waals surface area contributed by atoms with Crippen molar-refractivity contribution in [3.63, 3.8) is 0 Å². The van der Waals surface area contributed by atoms with Crippen molar-refractivity contribution in [2.45, 2.75) is 32.8 Å². The van der Waals surface area contributed by atoms with E-state index in [9.17, 15) is 14.9 Å². The van der Waals surface area contributed by atoms with Crippen LogP contribution in [-0.4, -0.2) is 40.2 Å². The van der Waals surface area contributed by atoms with Crippen molar-refractivity contribution in [3.05, 3.63) is 27.9 Å². The summed E-state index contributed by atoms with van der Waals surface area (Å²) in [4.78, 5) is 24.8. The van der Waals surface area contributed by atoms with Crippen molar-refractivity contribution in [1.29, 1.82) is 0 Å². The van der Waals surface area contributed by atoms with Crippen LogP contribution in [0.1, 0.15) is 37.0 Å². The second-order valence-electron chi connectivity index (χ2n) is 4.71. The highest BCUT2D eigenvalue weighted by atomic mass is 16.6. The molecule has 116 valence electrons. The molecule has 2 N–H and O–H groups in total. The Balaban J connectivity index is 2.54. The molecule has 8 heteroatoms. The number of nitrogens with one attached hydrogen (secondary N) is 1. The lowest BCUT2D eigenvalue weighted by Gasteiger charge is -2.08. The average Bonchev–Trinajstić information content (AvgIpc) is 2.42. The lowest BCUT2D eigenvalue weighted by Crippen LogP contribution is -2.10. The SMILES string of the molecule is CC(C)OCCCCNc1ncc(C(=O)O)cc1[N+](=O)[O-]. The molecule has 8 nitrogen and oxygen atoms in total. The van der Waals surface area contributed by atoms with Gasteiger partial charge in [0.05, 0.1) is 16.6 Å². The Morgan fingerprint density at radius 3 is 2.81 bits per heavy atom. The number of aromatic carboxylic acids is 1. The molecule has 0 aliphatic heterocycles. The number of hydrogen-bond acceptors (Lipinski definition) is 6. The third-order valence-electron chi connectivity index (χ3n) is 2.63. The Bertz CT molecular complexity index is 505. The van der Waals surface area contributed by atoms with E-state index in [1.165, 1.54) is 0 Å². The molecule has 0 fully saturated rings. The maximum Gasteiger partial charge on any atom is 0.337 e. The number of aromatic nitrogens is 1. The molecule has 1 aromatic heterocycles. The summed E-state index contributed by atoms with van der Waals surface area (Å²) < 4.78 is 5.38. The number of rotatable bonds is 9. The quantitative estimate of drug-likeness (QED) is 0.408. The van der Waals surface area contributed by atoms with E-state index >= 15 is 0 Å². The Morgan fingerprint density at radius 1 is 1.52 bits per heavy atom. The van der Waals surface area contributed by atoms with Gasteiger partial charge in [0.2, 0.25) is 5.82 Å². The lowest BCUT2D eigenvalue weighted by molar-refractivity contribution is -0.384. The van der Waals surface area contributed by atoms with Crippen molar-refractivity contribution in [2.24, 2.45) is 0 Å². The minimum absolute atomic E-state index is 0.0785. The zero-order valence-corrected chi connectivity index (χ0v) is 12.0. The number of nitrogens with zero attached hydrogens (tertiary/aromatic N) is 2. The summed E-state index contributed by atoms with van der Waals surface area (Å²) in [6, 6.07) is 1.000.